The van der Waals surface area contributed by atoms with E-state index in [0.29, 0.717) is 11.8 Å². The zero-order valence-electron chi connectivity index (χ0n) is 16.8. The second-order valence-corrected chi connectivity index (χ2v) is 8.24. The van der Waals surface area contributed by atoms with Gasteiger partial charge in [0.2, 0.25) is 5.91 Å². The fraction of sp³-hybridized carbons (Fsp3) is 0.684. The number of nitrogens with zero attached hydrogens (tertiary/aromatic N) is 2. The lowest BCUT2D eigenvalue weighted by Gasteiger charge is -2.29. The third-order valence-corrected chi connectivity index (χ3v) is 4.87. The number of halogens is 3. The molecule has 0 spiro atoms. The van der Waals surface area contributed by atoms with Crippen molar-refractivity contribution in [1.29, 1.82) is 0 Å². The molecular weight excluding hydrogens is 375 g/mol. The van der Waals surface area contributed by atoms with E-state index in [1.165, 1.54) is 12.3 Å². The quantitative estimate of drug-likeness (QED) is 0.758. The van der Waals surface area contributed by atoms with Crippen molar-refractivity contribution in [3.05, 3.63) is 18.3 Å². The van der Waals surface area contributed by atoms with Crippen molar-refractivity contribution in [2.24, 2.45) is 17.3 Å². The van der Waals surface area contributed by atoms with Crippen molar-refractivity contribution in [3.8, 4) is 11.6 Å². The second kappa shape index (κ2) is 8.55. The van der Waals surface area contributed by atoms with Crippen molar-refractivity contribution in [2.75, 3.05) is 26.7 Å². The number of ether oxygens (including phenoxy) is 2. The van der Waals surface area contributed by atoms with Gasteiger partial charge in [-0.2, -0.15) is 0 Å². The Morgan fingerprint density at radius 1 is 1.36 bits per heavy atom. The molecule has 2 heterocycles. The normalized spacial score (nSPS) is 21.0. The summed E-state index contributed by atoms with van der Waals surface area (Å²) in [7, 11) is 2.01. The molecule has 0 bridgehead atoms. The van der Waals surface area contributed by atoms with Crippen LogP contribution in [-0.4, -0.2) is 54.9 Å². The summed E-state index contributed by atoms with van der Waals surface area (Å²) in [4.78, 5) is 18.8. The van der Waals surface area contributed by atoms with Crippen molar-refractivity contribution < 1.29 is 27.4 Å². The average Bonchev–Trinajstić information content (AvgIpc) is 2.93. The van der Waals surface area contributed by atoms with Gasteiger partial charge in [0.15, 0.2) is 5.75 Å². The number of amides is 1. The molecule has 9 heteroatoms. The predicted octanol–water partition coefficient (Wildman–Crippen LogP) is 3.09. The molecule has 1 aromatic heterocycles. The number of pyridine rings is 1. The second-order valence-electron chi connectivity index (χ2n) is 8.24. The lowest BCUT2D eigenvalue weighted by atomic mass is 9.88. The summed E-state index contributed by atoms with van der Waals surface area (Å²) in [5, 5.41) is 3.08. The third-order valence-electron chi connectivity index (χ3n) is 4.87. The predicted molar refractivity (Wildman–Crippen MR) is 98.0 cm³/mol. The molecule has 0 aliphatic carbocycles. The van der Waals surface area contributed by atoms with Gasteiger partial charge in [-0.05, 0) is 44.9 Å². The van der Waals surface area contributed by atoms with Crippen molar-refractivity contribution in [1.82, 2.24) is 15.2 Å². The van der Waals surface area contributed by atoms with Crippen molar-refractivity contribution >= 4 is 5.91 Å². The van der Waals surface area contributed by atoms with Gasteiger partial charge >= 0.3 is 6.36 Å². The molecule has 0 aromatic carbocycles. The Bertz CT molecular complexity index is 680. The highest BCUT2D eigenvalue weighted by molar-refractivity contribution is 5.82. The Balaban J connectivity index is 2.01. The highest BCUT2D eigenvalue weighted by Gasteiger charge is 2.38. The highest BCUT2D eigenvalue weighted by atomic mass is 19.4. The van der Waals surface area contributed by atoms with Crippen LogP contribution in [0.5, 0.6) is 11.6 Å². The van der Waals surface area contributed by atoms with E-state index in [1.807, 2.05) is 7.05 Å². The minimum atomic E-state index is -4.85. The van der Waals surface area contributed by atoms with Crippen molar-refractivity contribution in [3.63, 3.8) is 0 Å². The molecule has 0 saturated carbocycles. The monoisotopic (exact) mass is 403 g/mol. The maximum absolute atomic E-state index is 12.8. The molecule has 2 atom stereocenters. The molecule has 158 valence electrons. The van der Waals surface area contributed by atoms with Crippen LogP contribution in [0.4, 0.5) is 13.2 Å². The van der Waals surface area contributed by atoms with Crippen LogP contribution in [0.2, 0.25) is 0 Å². The minimum absolute atomic E-state index is 0.0238. The largest absolute Gasteiger partial charge is 0.573 e. The summed E-state index contributed by atoms with van der Waals surface area (Å²) in [5.41, 5.74) is -0.963. The van der Waals surface area contributed by atoms with Gasteiger partial charge in [0.25, 0.3) is 5.88 Å². The first-order valence-corrected chi connectivity index (χ1v) is 9.22. The number of rotatable bonds is 7. The van der Waals surface area contributed by atoms with Gasteiger partial charge in [-0.15, -0.1) is 13.2 Å². The van der Waals surface area contributed by atoms with Crippen LogP contribution in [0.1, 0.15) is 27.7 Å². The lowest BCUT2D eigenvalue weighted by molar-refractivity contribution is -0.275. The number of carbonyl (C=O) groups excluding carboxylic acids is 1. The number of likely N-dealkylation sites (N-methyl/N-ethyl adjacent to an activating group) is 1. The number of aromatic nitrogens is 1. The summed E-state index contributed by atoms with van der Waals surface area (Å²) in [5.74, 6) is -0.295. The minimum Gasteiger partial charge on any atom is -0.474 e. The topological polar surface area (TPSA) is 63.7 Å². The van der Waals surface area contributed by atoms with E-state index in [0.717, 1.165) is 19.2 Å². The molecule has 1 saturated heterocycles. The Morgan fingerprint density at radius 2 is 2.04 bits per heavy atom. The fourth-order valence-corrected chi connectivity index (χ4v) is 3.23. The lowest BCUT2D eigenvalue weighted by Crippen LogP contribution is -2.49. The van der Waals surface area contributed by atoms with Crippen molar-refractivity contribution in [2.45, 2.75) is 40.1 Å². The molecule has 1 amide bonds. The summed E-state index contributed by atoms with van der Waals surface area (Å²) in [6, 6.07) is 2.45. The van der Waals surface area contributed by atoms with E-state index in [1.54, 1.807) is 13.8 Å². The SMILES string of the molecule is CC(C)C1CN(C)C[C@H]1NC(=O)C(C)(C)COc1ncccc1OC(F)(F)F. The van der Waals surface area contributed by atoms with Crippen LogP contribution < -0.4 is 14.8 Å². The fourth-order valence-electron chi connectivity index (χ4n) is 3.23. The van der Waals surface area contributed by atoms with E-state index in [4.69, 9.17) is 4.74 Å². The molecule has 1 aliphatic rings. The molecule has 2 rings (SSSR count). The van der Waals surface area contributed by atoms with E-state index < -0.39 is 17.5 Å². The third kappa shape index (κ3) is 5.98. The molecule has 0 radical (unpaired) electrons. The number of carbonyl (C=O) groups is 1. The van der Waals surface area contributed by atoms with E-state index >= 15 is 0 Å². The standard InChI is InChI=1S/C19H28F3N3O3/c1-12(2)13-9-25(5)10-14(13)24-17(26)18(3,4)11-27-16-15(7-6-8-23-16)28-19(20,21)22/h6-8,12-14H,9-11H2,1-5H3,(H,24,26)/t13?,14-/m1/s1. The van der Waals surface area contributed by atoms with Gasteiger partial charge in [0, 0.05) is 25.3 Å². The van der Waals surface area contributed by atoms with Crippen LogP contribution in [0.15, 0.2) is 18.3 Å². The molecule has 1 N–H and O–H groups in total. The maximum Gasteiger partial charge on any atom is 0.573 e. The number of hydrogen-bond acceptors (Lipinski definition) is 5. The molecule has 1 fully saturated rings. The summed E-state index contributed by atoms with van der Waals surface area (Å²) < 4.78 is 46.9. The van der Waals surface area contributed by atoms with Crippen LogP contribution in [0, 0.1) is 17.3 Å². The number of likely N-dealkylation sites (tertiary alicyclic amines) is 1. The van der Waals surface area contributed by atoms with Gasteiger partial charge in [-0.3, -0.25) is 4.79 Å². The Labute approximate surface area is 163 Å². The number of hydrogen-bond donors (Lipinski definition) is 1. The zero-order valence-corrected chi connectivity index (χ0v) is 16.8. The molecule has 6 nitrogen and oxygen atoms in total. The van der Waals surface area contributed by atoms with Gasteiger partial charge in [-0.1, -0.05) is 13.8 Å². The van der Waals surface area contributed by atoms with Gasteiger partial charge < -0.3 is 19.7 Å². The average molecular weight is 403 g/mol. The van der Waals surface area contributed by atoms with Crippen LogP contribution in [0.3, 0.4) is 0 Å². The molecule has 1 aromatic rings. The van der Waals surface area contributed by atoms with Gasteiger partial charge in [0.05, 0.1) is 5.41 Å². The summed E-state index contributed by atoms with van der Waals surface area (Å²) >= 11 is 0. The first-order chi connectivity index (χ1) is 12.9. The summed E-state index contributed by atoms with van der Waals surface area (Å²) in [6.45, 7) is 9.14. The molecule has 1 aliphatic heterocycles. The van der Waals surface area contributed by atoms with Gasteiger partial charge in [0.1, 0.15) is 6.61 Å². The van der Waals surface area contributed by atoms with Crippen LogP contribution in [-0.2, 0) is 4.79 Å². The first kappa shape index (κ1) is 22.3. The number of alkyl halides is 3. The van der Waals surface area contributed by atoms with E-state index in [9.17, 15) is 18.0 Å². The van der Waals surface area contributed by atoms with E-state index in [-0.39, 0.29) is 24.4 Å². The maximum atomic E-state index is 12.8. The molecular formula is C19H28F3N3O3. The Hall–Kier alpha value is -2.03. The first-order valence-electron chi connectivity index (χ1n) is 9.22. The highest BCUT2D eigenvalue weighted by Crippen LogP contribution is 2.31. The number of nitrogens with one attached hydrogen (secondary N) is 1. The van der Waals surface area contributed by atoms with Crippen LogP contribution >= 0.6 is 0 Å². The smallest absolute Gasteiger partial charge is 0.474 e. The molecule has 1 unspecified atom stereocenters. The Kier molecular flexibility index (Phi) is 6.80. The van der Waals surface area contributed by atoms with Gasteiger partial charge in [-0.25, -0.2) is 4.98 Å². The Morgan fingerprint density at radius 3 is 2.64 bits per heavy atom. The summed E-state index contributed by atoms with van der Waals surface area (Å²) in [6.07, 6.45) is -3.55. The molecule has 28 heavy (non-hydrogen) atoms. The van der Waals surface area contributed by atoms with E-state index in [2.05, 4.69) is 33.8 Å². The van der Waals surface area contributed by atoms with Crippen LogP contribution in [0.25, 0.3) is 0 Å². The zero-order chi connectivity index (χ0) is 21.1.